The van der Waals surface area contributed by atoms with Crippen molar-refractivity contribution < 1.29 is 17.2 Å². The summed E-state index contributed by atoms with van der Waals surface area (Å²) in [6.45, 7) is 4.29. The summed E-state index contributed by atoms with van der Waals surface area (Å²) >= 11 is 0. The first-order valence-electron chi connectivity index (χ1n) is 11.5. The van der Waals surface area contributed by atoms with E-state index in [1.807, 2.05) is 6.07 Å². The molecule has 2 bridgehead atoms. The molecule has 184 valence electrons. The van der Waals surface area contributed by atoms with Gasteiger partial charge in [-0.3, -0.25) is 0 Å². The highest BCUT2D eigenvalue weighted by molar-refractivity contribution is 7.90. The maximum atomic E-state index is 14.5. The first kappa shape index (κ1) is 22.8. The van der Waals surface area contributed by atoms with E-state index in [2.05, 4.69) is 34.1 Å². The van der Waals surface area contributed by atoms with Crippen LogP contribution in [0.25, 0.3) is 17.2 Å². The van der Waals surface area contributed by atoms with Gasteiger partial charge in [-0.2, -0.15) is 10.2 Å². The lowest BCUT2D eigenvalue weighted by Crippen LogP contribution is -2.38. The molecule has 1 saturated carbocycles. The summed E-state index contributed by atoms with van der Waals surface area (Å²) in [7, 11) is -3.48. The predicted octanol–water partition coefficient (Wildman–Crippen LogP) is 4.00. The van der Waals surface area contributed by atoms with Gasteiger partial charge in [0.25, 0.3) is 5.95 Å². The molecule has 6 rings (SSSR count). The van der Waals surface area contributed by atoms with Crippen LogP contribution in [-0.2, 0) is 15.3 Å². The van der Waals surface area contributed by atoms with Gasteiger partial charge in [0.15, 0.2) is 14.9 Å². The number of fused-ring (bicyclic) bond motifs is 5. The molecule has 0 amide bonds. The monoisotopic (exact) mass is 508 g/mol. The molecule has 3 aromatic heterocycles. The molecule has 0 aliphatic heterocycles. The van der Waals surface area contributed by atoms with Crippen LogP contribution in [0.1, 0.15) is 49.6 Å². The quantitative estimate of drug-likeness (QED) is 0.410. The summed E-state index contributed by atoms with van der Waals surface area (Å²) in [5.41, 5.74) is 1.43. The summed E-state index contributed by atoms with van der Waals surface area (Å²) in [4.78, 5) is 9.11. The van der Waals surface area contributed by atoms with E-state index >= 15 is 0 Å². The van der Waals surface area contributed by atoms with Gasteiger partial charge in [0.05, 0.1) is 28.1 Å². The fraction of sp³-hybridized carbons (Fsp3) is 0.320. The number of hydrogen-bond acceptors (Lipinski definition) is 7. The minimum Gasteiger partial charge on any atom is -0.222 e. The van der Waals surface area contributed by atoms with Crippen LogP contribution in [-0.4, -0.2) is 44.6 Å². The molecule has 0 radical (unpaired) electrons. The Hall–Kier alpha value is -3.60. The number of hydrogen-bond donors (Lipinski definition) is 0. The Kier molecular flexibility index (Phi) is 4.73. The third kappa shape index (κ3) is 3.01. The second-order valence-electron chi connectivity index (χ2n) is 9.96. The van der Waals surface area contributed by atoms with E-state index in [4.69, 9.17) is 4.98 Å². The van der Waals surface area contributed by atoms with E-state index < -0.39 is 26.9 Å². The normalized spacial score (nSPS) is 22.1. The second kappa shape index (κ2) is 7.45. The Morgan fingerprint density at radius 3 is 2.53 bits per heavy atom. The Balaban J connectivity index is 1.49. The predicted molar refractivity (Wildman–Crippen MR) is 126 cm³/mol. The van der Waals surface area contributed by atoms with Gasteiger partial charge in [-0.1, -0.05) is 19.9 Å². The number of halogens is 2. The number of benzene rings is 1. The zero-order valence-corrected chi connectivity index (χ0v) is 20.6. The zero-order valence-electron chi connectivity index (χ0n) is 19.8. The summed E-state index contributed by atoms with van der Waals surface area (Å²) in [5.74, 6) is -1.04. The molecule has 4 aromatic rings. The highest BCUT2D eigenvalue weighted by Crippen LogP contribution is 2.69. The lowest BCUT2D eigenvalue weighted by atomic mass is 9.66. The van der Waals surface area contributed by atoms with Crippen LogP contribution >= 0.6 is 0 Å². The summed E-state index contributed by atoms with van der Waals surface area (Å²) in [6.07, 6.45) is 5.83. The largest absolute Gasteiger partial charge is 0.250 e. The molecule has 0 spiro atoms. The maximum Gasteiger partial charge on any atom is 0.250 e. The Bertz CT molecular complexity index is 1630. The number of rotatable bonds is 4. The third-order valence-electron chi connectivity index (χ3n) is 7.83. The average Bonchev–Trinajstić information content (AvgIpc) is 3.48. The van der Waals surface area contributed by atoms with Crippen LogP contribution in [0, 0.1) is 17.0 Å². The first-order valence-corrected chi connectivity index (χ1v) is 13.4. The molecule has 8 nitrogen and oxygen atoms in total. The van der Waals surface area contributed by atoms with Gasteiger partial charge in [0.1, 0.15) is 11.6 Å². The van der Waals surface area contributed by atoms with E-state index in [9.17, 15) is 17.2 Å². The first-order chi connectivity index (χ1) is 17.0. The molecule has 0 saturated heterocycles. The van der Waals surface area contributed by atoms with Gasteiger partial charge >= 0.3 is 0 Å². The van der Waals surface area contributed by atoms with Crippen LogP contribution in [0.4, 0.5) is 8.78 Å². The van der Waals surface area contributed by atoms with Gasteiger partial charge in [0.2, 0.25) is 0 Å². The van der Waals surface area contributed by atoms with Crippen molar-refractivity contribution in [3.05, 3.63) is 77.4 Å². The SMILES string of the molecule is CC1(C)[C@H]2CC[C@]1(c1ccnc(-n3ccc(S(C)(=O)=O)n3)n1)c1nnc(-c3c(F)cccc3F)cc12. The molecular formula is C25H22F2N6O2S. The summed E-state index contributed by atoms with van der Waals surface area (Å²) in [6, 6.07) is 8.72. The number of aromatic nitrogens is 6. The second-order valence-corrected chi connectivity index (χ2v) is 11.9. The van der Waals surface area contributed by atoms with Crippen LogP contribution in [0.5, 0.6) is 0 Å². The molecule has 2 atom stereocenters. The van der Waals surface area contributed by atoms with Crippen molar-refractivity contribution in [3.63, 3.8) is 0 Å². The summed E-state index contributed by atoms with van der Waals surface area (Å²) < 4.78 is 54.0. The number of nitrogens with zero attached hydrogens (tertiary/aromatic N) is 6. The van der Waals surface area contributed by atoms with Crippen LogP contribution in [0.15, 0.2) is 53.8 Å². The van der Waals surface area contributed by atoms with Gasteiger partial charge in [-0.05, 0) is 60.1 Å². The van der Waals surface area contributed by atoms with Crippen molar-refractivity contribution in [1.82, 2.24) is 29.9 Å². The molecule has 2 aliphatic rings. The summed E-state index contributed by atoms with van der Waals surface area (Å²) in [5, 5.41) is 12.8. The lowest BCUT2D eigenvalue weighted by Gasteiger charge is -2.37. The van der Waals surface area contributed by atoms with Gasteiger partial charge < -0.3 is 0 Å². The van der Waals surface area contributed by atoms with Crippen LogP contribution < -0.4 is 0 Å². The molecule has 11 heteroatoms. The molecule has 0 N–H and O–H groups in total. The Labute approximate surface area is 206 Å². The van der Waals surface area contributed by atoms with E-state index in [1.165, 1.54) is 35.1 Å². The standard InChI is InChI=1S/C25H22F2N6O2S/c1-24(2)15-7-10-25(24,19-8-11-28-23(29-19)33-12-9-20(32-33)36(3,34)35)22-14(15)13-18(30-31-22)21-16(26)5-4-6-17(21)27/h4-6,8-9,11-13,15H,7,10H2,1-3H3/t15-,25-/m0/s1. The van der Waals surface area contributed by atoms with Gasteiger partial charge in [-0.15, -0.1) is 5.10 Å². The van der Waals surface area contributed by atoms with Gasteiger partial charge in [0, 0.05) is 18.6 Å². The van der Waals surface area contributed by atoms with Crippen LogP contribution in [0.2, 0.25) is 0 Å². The Morgan fingerprint density at radius 2 is 1.83 bits per heavy atom. The fourth-order valence-corrected chi connectivity index (χ4v) is 6.61. The van der Waals surface area contributed by atoms with Crippen molar-refractivity contribution in [2.45, 2.75) is 43.0 Å². The lowest BCUT2D eigenvalue weighted by molar-refractivity contribution is 0.242. The van der Waals surface area contributed by atoms with E-state index in [0.717, 1.165) is 30.4 Å². The van der Waals surface area contributed by atoms with Crippen molar-refractivity contribution >= 4 is 9.84 Å². The van der Waals surface area contributed by atoms with Crippen molar-refractivity contribution in [2.24, 2.45) is 5.41 Å². The van der Waals surface area contributed by atoms with E-state index in [0.29, 0.717) is 5.69 Å². The third-order valence-corrected chi connectivity index (χ3v) is 8.81. The number of sulfone groups is 1. The minimum atomic E-state index is -3.48. The zero-order chi connectivity index (χ0) is 25.5. The highest BCUT2D eigenvalue weighted by Gasteiger charge is 2.65. The smallest absolute Gasteiger partial charge is 0.222 e. The van der Waals surface area contributed by atoms with Crippen molar-refractivity contribution in [3.8, 4) is 17.2 Å². The van der Waals surface area contributed by atoms with Crippen molar-refractivity contribution in [1.29, 1.82) is 0 Å². The molecule has 1 aromatic carbocycles. The minimum absolute atomic E-state index is 0.0686. The fourth-order valence-electron chi connectivity index (χ4n) is 6.07. The molecular weight excluding hydrogens is 486 g/mol. The Morgan fingerprint density at radius 1 is 1.08 bits per heavy atom. The van der Waals surface area contributed by atoms with E-state index in [-0.39, 0.29) is 33.6 Å². The molecule has 1 fully saturated rings. The topological polar surface area (TPSA) is 104 Å². The average molecular weight is 509 g/mol. The van der Waals surface area contributed by atoms with Gasteiger partial charge in [-0.25, -0.2) is 31.8 Å². The molecule has 0 unspecified atom stereocenters. The molecule has 2 aliphatic carbocycles. The van der Waals surface area contributed by atoms with Crippen molar-refractivity contribution in [2.75, 3.05) is 6.26 Å². The van der Waals surface area contributed by atoms with Crippen LogP contribution in [0.3, 0.4) is 0 Å². The molecule has 3 heterocycles. The van der Waals surface area contributed by atoms with E-state index in [1.54, 1.807) is 12.3 Å². The molecule has 36 heavy (non-hydrogen) atoms. The maximum absolute atomic E-state index is 14.5. The highest BCUT2D eigenvalue weighted by atomic mass is 32.2.